The van der Waals surface area contributed by atoms with E-state index in [1.165, 1.54) is 0 Å². The fraction of sp³-hybridized carbons (Fsp3) is 0.500. The van der Waals surface area contributed by atoms with Crippen molar-refractivity contribution in [1.29, 1.82) is 0 Å². The molecule has 0 atom stereocenters. The molecule has 2 rings (SSSR count). The van der Waals surface area contributed by atoms with E-state index in [0.717, 1.165) is 15.6 Å². The first-order valence-electron chi connectivity index (χ1n) is 6.20. The minimum atomic E-state index is -0.276. The van der Waals surface area contributed by atoms with Crippen molar-refractivity contribution in [2.24, 2.45) is 0 Å². The lowest BCUT2D eigenvalue weighted by atomic mass is 10.2. The monoisotopic (exact) mass is 296 g/mol. The fourth-order valence-electron chi connectivity index (χ4n) is 1.72. The van der Waals surface area contributed by atoms with Crippen LogP contribution in [0, 0.1) is 13.8 Å². The quantitative estimate of drug-likeness (QED) is 0.806. The molecule has 7 nitrogen and oxygen atoms in total. The zero-order chi connectivity index (χ0) is 14.5. The Bertz CT molecular complexity index is 593. The van der Waals surface area contributed by atoms with Crippen molar-refractivity contribution in [1.82, 2.24) is 20.4 Å². The molecule has 2 aromatic heterocycles. The van der Waals surface area contributed by atoms with E-state index in [-0.39, 0.29) is 24.8 Å². The number of aliphatic hydroxyl groups is 1. The van der Waals surface area contributed by atoms with Crippen LogP contribution in [0.3, 0.4) is 0 Å². The van der Waals surface area contributed by atoms with E-state index >= 15 is 0 Å². The Balaban J connectivity index is 1.76. The lowest BCUT2D eigenvalue weighted by molar-refractivity contribution is -0.120. The summed E-state index contributed by atoms with van der Waals surface area (Å²) in [5.41, 5.74) is 0.826. The fourth-order valence-corrected chi connectivity index (χ4v) is 2.55. The summed E-state index contributed by atoms with van der Waals surface area (Å²) in [6.07, 6.45) is 0.745. The van der Waals surface area contributed by atoms with Gasteiger partial charge in [-0.2, -0.15) is 4.98 Å². The number of aromatic nitrogens is 3. The Labute approximate surface area is 120 Å². The zero-order valence-electron chi connectivity index (χ0n) is 11.3. The van der Waals surface area contributed by atoms with Gasteiger partial charge in [-0.3, -0.25) is 4.79 Å². The number of carbonyl (C=O) groups excluding carboxylic acids is 1. The normalized spacial score (nSPS) is 10.8. The van der Waals surface area contributed by atoms with Gasteiger partial charge in [0.25, 0.3) is 5.89 Å². The molecular weight excluding hydrogens is 280 g/mol. The van der Waals surface area contributed by atoms with E-state index in [0.29, 0.717) is 18.8 Å². The van der Waals surface area contributed by atoms with Crippen LogP contribution in [-0.2, 0) is 24.2 Å². The minimum absolute atomic E-state index is 0.0794. The number of carbonyl (C=O) groups is 1. The molecule has 0 aromatic carbocycles. The summed E-state index contributed by atoms with van der Waals surface area (Å²) in [4.78, 5) is 21.1. The molecule has 0 aliphatic rings. The maximum absolute atomic E-state index is 11.8. The Morgan fingerprint density at radius 2 is 2.20 bits per heavy atom. The number of aliphatic hydroxyl groups excluding tert-OH is 1. The third kappa shape index (κ3) is 3.84. The number of thiazole rings is 1. The van der Waals surface area contributed by atoms with Crippen LogP contribution in [0.2, 0.25) is 0 Å². The van der Waals surface area contributed by atoms with E-state index in [1.54, 1.807) is 11.3 Å². The van der Waals surface area contributed by atoms with Crippen molar-refractivity contribution >= 4 is 17.2 Å². The Hall–Kier alpha value is -1.80. The lowest BCUT2D eigenvalue weighted by Gasteiger charge is -2.02. The van der Waals surface area contributed by atoms with Crippen LogP contribution in [-0.4, -0.2) is 32.7 Å². The van der Waals surface area contributed by atoms with Gasteiger partial charge in [0.05, 0.1) is 17.1 Å². The van der Waals surface area contributed by atoms with Crippen molar-refractivity contribution in [3.63, 3.8) is 0 Å². The highest BCUT2D eigenvalue weighted by Gasteiger charge is 2.10. The third-order valence-electron chi connectivity index (χ3n) is 2.64. The molecule has 2 N–H and O–H groups in total. The van der Waals surface area contributed by atoms with Gasteiger partial charge in [-0.05, 0) is 13.8 Å². The molecule has 0 radical (unpaired) electrons. The number of nitrogens with zero attached hydrogens (tertiary/aromatic N) is 3. The van der Waals surface area contributed by atoms with Crippen LogP contribution < -0.4 is 5.32 Å². The lowest BCUT2D eigenvalue weighted by Crippen LogP contribution is -2.27. The molecule has 2 aromatic rings. The summed E-state index contributed by atoms with van der Waals surface area (Å²) < 4.78 is 4.75. The van der Waals surface area contributed by atoms with Gasteiger partial charge in [0, 0.05) is 17.8 Å². The Kier molecular flexibility index (Phi) is 4.80. The standard InChI is InChI=1S/C12H16N4O3S/c1-7-9(14-8(2)20-7)5-11(18)13-4-3-10-15-12(6-17)19-16-10/h17H,3-6H2,1-2H3,(H,13,18). The van der Waals surface area contributed by atoms with Crippen LogP contribution in [0.25, 0.3) is 0 Å². The molecule has 0 bridgehead atoms. The van der Waals surface area contributed by atoms with Gasteiger partial charge >= 0.3 is 0 Å². The molecule has 108 valence electrons. The molecule has 2 heterocycles. The average Bonchev–Trinajstić information content (AvgIpc) is 2.97. The van der Waals surface area contributed by atoms with Crippen molar-refractivity contribution < 1.29 is 14.4 Å². The molecular formula is C12H16N4O3S. The summed E-state index contributed by atoms with van der Waals surface area (Å²) in [6.45, 7) is 4.03. The molecule has 0 saturated carbocycles. The smallest absolute Gasteiger partial charge is 0.252 e. The second-order valence-corrected chi connectivity index (χ2v) is 5.68. The maximum atomic E-state index is 11.8. The molecule has 0 fully saturated rings. The number of hydrogen-bond donors (Lipinski definition) is 2. The van der Waals surface area contributed by atoms with Crippen LogP contribution in [0.15, 0.2) is 4.52 Å². The van der Waals surface area contributed by atoms with Crippen LogP contribution in [0.5, 0.6) is 0 Å². The van der Waals surface area contributed by atoms with Gasteiger partial charge in [0.15, 0.2) is 5.82 Å². The highest BCUT2D eigenvalue weighted by atomic mass is 32.1. The van der Waals surface area contributed by atoms with Crippen LogP contribution in [0.1, 0.15) is 27.3 Å². The first-order chi connectivity index (χ1) is 9.58. The van der Waals surface area contributed by atoms with E-state index in [4.69, 9.17) is 9.63 Å². The molecule has 0 saturated heterocycles. The highest BCUT2D eigenvalue weighted by molar-refractivity contribution is 7.11. The molecule has 0 aliphatic carbocycles. The summed E-state index contributed by atoms with van der Waals surface area (Å²) in [5.74, 6) is 0.569. The third-order valence-corrected chi connectivity index (χ3v) is 3.57. The van der Waals surface area contributed by atoms with E-state index in [1.807, 2.05) is 13.8 Å². The van der Waals surface area contributed by atoms with Gasteiger partial charge in [-0.25, -0.2) is 4.98 Å². The van der Waals surface area contributed by atoms with Gasteiger partial charge < -0.3 is 14.9 Å². The largest absolute Gasteiger partial charge is 0.387 e. The SMILES string of the molecule is Cc1nc(CC(=O)NCCc2noc(CO)n2)c(C)s1. The number of amides is 1. The van der Waals surface area contributed by atoms with Crippen molar-refractivity contribution in [2.75, 3.05) is 6.54 Å². The maximum Gasteiger partial charge on any atom is 0.252 e. The van der Waals surface area contributed by atoms with Gasteiger partial charge in [0.2, 0.25) is 5.91 Å². The summed E-state index contributed by atoms with van der Waals surface area (Å²) in [6, 6.07) is 0. The number of hydrogen-bond acceptors (Lipinski definition) is 7. The van der Waals surface area contributed by atoms with E-state index < -0.39 is 0 Å². The van der Waals surface area contributed by atoms with Gasteiger partial charge in [0.1, 0.15) is 6.61 Å². The second-order valence-electron chi connectivity index (χ2n) is 4.27. The van der Waals surface area contributed by atoms with Crippen molar-refractivity contribution in [2.45, 2.75) is 33.3 Å². The summed E-state index contributed by atoms with van der Waals surface area (Å²) in [5, 5.41) is 16.2. The van der Waals surface area contributed by atoms with E-state index in [2.05, 4.69) is 20.4 Å². The topological polar surface area (TPSA) is 101 Å². The molecule has 0 unspecified atom stereocenters. The predicted molar refractivity (Wildman–Crippen MR) is 72.2 cm³/mol. The van der Waals surface area contributed by atoms with Crippen molar-refractivity contribution in [3.8, 4) is 0 Å². The molecule has 0 aliphatic heterocycles. The van der Waals surface area contributed by atoms with Crippen LogP contribution >= 0.6 is 11.3 Å². The van der Waals surface area contributed by atoms with Crippen LogP contribution in [0.4, 0.5) is 0 Å². The molecule has 8 heteroatoms. The second kappa shape index (κ2) is 6.58. The first-order valence-corrected chi connectivity index (χ1v) is 7.02. The first kappa shape index (κ1) is 14.6. The summed E-state index contributed by atoms with van der Waals surface area (Å²) in [7, 11) is 0. The highest BCUT2D eigenvalue weighted by Crippen LogP contribution is 2.16. The number of aryl methyl sites for hydroxylation is 2. The predicted octanol–water partition coefficient (Wildman–Crippen LogP) is 0.537. The molecule has 1 amide bonds. The van der Waals surface area contributed by atoms with E-state index in [9.17, 15) is 4.79 Å². The van der Waals surface area contributed by atoms with Gasteiger partial charge in [-0.15, -0.1) is 11.3 Å². The van der Waals surface area contributed by atoms with Crippen molar-refractivity contribution in [3.05, 3.63) is 27.3 Å². The minimum Gasteiger partial charge on any atom is -0.387 e. The zero-order valence-corrected chi connectivity index (χ0v) is 12.2. The Morgan fingerprint density at radius 1 is 1.40 bits per heavy atom. The number of nitrogens with one attached hydrogen (secondary N) is 1. The van der Waals surface area contributed by atoms with Gasteiger partial charge in [-0.1, -0.05) is 5.16 Å². The average molecular weight is 296 g/mol. The Morgan fingerprint density at radius 3 is 2.80 bits per heavy atom. The molecule has 0 spiro atoms. The number of rotatable bonds is 6. The molecule has 20 heavy (non-hydrogen) atoms. The summed E-state index contributed by atoms with van der Waals surface area (Å²) >= 11 is 1.59.